The fourth-order valence-corrected chi connectivity index (χ4v) is 1.98. The summed E-state index contributed by atoms with van der Waals surface area (Å²) in [5.41, 5.74) is 7.68. The third-order valence-electron chi connectivity index (χ3n) is 3.13. The van der Waals surface area contributed by atoms with Crippen molar-refractivity contribution in [2.45, 2.75) is 25.9 Å². The summed E-state index contributed by atoms with van der Waals surface area (Å²) in [6.45, 7) is 2.82. The molecule has 1 amide bonds. The van der Waals surface area contributed by atoms with Crippen molar-refractivity contribution in [2.24, 2.45) is 0 Å². The second kappa shape index (κ2) is 4.65. The highest BCUT2D eigenvalue weighted by atomic mass is 16.5. The maximum atomic E-state index is 11.7. The van der Waals surface area contributed by atoms with Gasteiger partial charge in [0, 0.05) is 20.0 Å². The third-order valence-corrected chi connectivity index (χ3v) is 3.13. The Balaban J connectivity index is 2.11. The largest absolute Gasteiger partial charge is 0.478 e. The molecule has 92 valence electrons. The number of amides is 1. The standard InChI is InChI=1S/C13H18N2O2/c1-3-9-4-5-11(10(14)8-9)17-12-6-7-15(2)13(12)16/h4-5,8,12H,3,6-7,14H2,1-2H3. The molecule has 1 aliphatic heterocycles. The highest BCUT2D eigenvalue weighted by molar-refractivity contribution is 5.83. The number of likely N-dealkylation sites (N-methyl/N-ethyl adjacent to an activating group) is 1. The smallest absolute Gasteiger partial charge is 0.263 e. The van der Waals surface area contributed by atoms with Gasteiger partial charge < -0.3 is 15.4 Å². The molecule has 1 atom stereocenters. The molecule has 0 radical (unpaired) electrons. The predicted octanol–water partition coefficient (Wildman–Crippen LogP) is 1.44. The van der Waals surface area contributed by atoms with Gasteiger partial charge in [-0.3, -0.25) is 4.79 Å². The third kappa shape index (κ3) is 2.35. The van der Waals surface area contributed by atoms with Gasteiger partial charge in [0.2, 0.25) is 0 Å². The first-order valence-electron chi connectivity index (χ1n) is 5.92. The molecular weight excluding hydrogens is 216 g/mol. The van der Waals surface area contributed by atoms with Crippen LogP contribution < -0.4 is 10.5 Å². The summed E-state index contributed by atoms with van der Waals surface area (Å²) < 4.78 is 5.67. The van der Waals surface area contributed by atoms with Gasteiger partial charge in [0.05, 0.1) is 5.69 Å². The second-order valence-corrected chi connectivity index (χ2v) is 4.38. The van der Waals surface area contributed by atoms with Crippen LogP contribution in [0.3, 0.4) is 0 Å². The first-order chi connectivity index (χ1) is 8.11. The average Bonchev–Trinajstić information content (AvgIpc) is 2.63. The molecule has 1 heterocycles. The number of hydrogen-bond acceptors (Lipinski definition) is 3. The molecule has 4 heteroatoms. The molecule has 1 saturated heterocycles. The van der Waals surface area contributed by atoms with Crippen molar-refractivity contribution in [1.29, 1.82) is 0 Å². The van der Waals surface area contributed by atoms with E-state index in [4.69, 9.17) is 10.5 Å². The summed E-state index contributed by atoms with van der Waals surface area (Å²) >= 11 is 0. The van der Waals surface area contributed by atoms with E-state index in [0.29, 0.717) is 11.4 Å². The number of nitrogen functional groups attached to an aromatic ring is 1. The lowest BCUT2D eigenvalue weighted by atomic mass is 10.1. The Morgan fingerprint density at radius 1 is 1.53 bits per heavy atom. The zero-order chi connectivity index (χ0) is 12.4. The number of benzene rings is 1. The minimum Gasteiger partial charge on any atom is -0.478 e. The highest BCUT2D eigenvalue weighted by Crippen LogP contribution is 2.26. The van der Waals surface area contributed by atoms with E-state index in [2.05, 4.69) is 6.92 Å². The lowest BCUT2D eigenvalue weighted by molar-refractivity contribution is -0.132. The van der Waals surface area contributed by atoms with E-state index in [9.17, 15) is 4.79 Å². The highest BCUT2D eigenvalue weighted by Gasteiger charge is 2.31. The van der Waals surface area contributed by atoms with Crippen molar-refractivity contribution in [3.8, 4) is 5.75 Å². The average molecular weight is 234 g/mol. The molecule has 0 aromatic heterocycles. The normalized spacial score (nSPS) is 19.8. The van der Waals surface area contributed by atoms with E-state index in [-0.39, 0.29) is 12.0 Å². The molecule has 17 heavy (non-hydrogen) atoms. The first kappa shape index (κ1) is 11.8. The van der Waals surface area contributed by atoms with E-state index < -0.39 is 0 Å². The van der Waals surface area contributed by atoms with Gasteiger partial charge >= 0.3 is 0 Å². The lowest BCUT2D eigenvalue weighted by Gasteiger charge is -2.15. The van der Waals surface area contributed by atoms with Crippen LogP contribution in [0.5, 0.6) is 5.75 Å². The van der Waals surface area contributed by atoms with Crippen molar-refractivity contribution in [2.75, 3.05) is 19.3 Å². The fraction of sp³-hybridized carbons (Fsp3) is 0.462. The molecule has 1 fully saturated rings. The van der Waals surface area contributed by atoms with Gasteiger partial charge in [-0.05, 0) is 24.1 Å². The molecular formula is C13H18N2O2. The van der Waals surface area contributed by atoms with E-state index in [1.54, 1.807) is 11.9 Å². The maximum Gasteiger partial charge on any atom is 0.263 e. The summed E-state index contributed by atoms with van der Waals surface area (Å²) in [4.78, 5) is 13.4. The topological polar surface area (TPSA) is 55.6 Å². The fourth-order valence-electron chi connectivity index (χ4n) is 1.98. The zero-order valence-electron chi connectivity index (χ0n) is 10.3. The molecule has 1 aromatic rings. The number of carbonyl (C=O) groups is 1. The summed E-state index contributed by atoms with van der Waals surface area (Å²) in [5.74, 6) is 0.639. The molecule has 1 aromatic carbocycles. The minimum atomic E-state index is -0.380. The van der Waals surface area contributed by atoms with Gasteiger partial charge in [0.1, 0.15) is 5.75 Å². The van der Waals surface area contributed by atoms with Crippen molar-refractivity contribution >= 4 is 11.6 Å². The predicted molar refractivity (Wildman–Crippen MR) is 66.9 cm³/mol. The molecule has 0 bridgehead atoms. The lowest BCUT2D eigenvalue weighted by Crippen LogP contribution is -2.29. The number of anilines is 1. The van der Waals surface area contributed by atoms with Crippen LogP contribution >= 0.6 is 0 Å². The van der Waals surface area contributed by atoms with Gasteiger partial charge in [-0.1, -0.05) is 13.0 Å². The summed E-state index contributed by atoms with van der Waals surface area (Å²) in [5, 5.41) is 0. The van der Waals surface area contributed by atoms with Crippen LogP contribution in [-0.2, 0) is 11.2 Å². The molecule has 2 N–H and O–H groups in total. The van der Waals surface area contributed by atoms with E-state index >= 15 is 0 Å². The Kier molecular flexibility index (Phi) is 3.22. The van der Waals surface area contributed by atoms with Gasteiger partial charge in [0.15, 0.2) is 6.10 Å². The zero-order valence-corrected chi connectivity index (χ0v) is 10.3. The van der Waals surface area contributed by atoms with E-state index in [1.807, 2.05) is 18.2 Å². The number of nitrogens with zero attached hydrogens (tertiary/aromatic N) is 1. The Bertz CT molecular complexity index is 431. The number of rotatable bonds is 3. The van der Waals surface area contributed by atoms with Crippen LogP contribution in [0.2, 0.25) is 0 Å². The first-order valence-corrected chi connectivity index (χ1v) is 5.92. The number of ether oxygens (including phenoxy) is 1. The van der Waals surface area contributed by atoms with Gasteiger partial charge in [-0.2, -0.15) is 0 Å². The number of nitrogens with two attached hydrogens (primary N) is 1. The Hall–Kier alpha value is -1.71. The number of hydrogen-bond donors (Lipinski definition) is 1. The van der Waals surface area contributed by atoms with Crippen LogP contribution in [-0.4, -0.2) is 30.5 Å². The van der Waals surface area contributed by atoms with Crippen LogP contribution in [0.25, 0.3) is 0 Å². The van der Waals surface area contributed by atoms with Crippen molar-refractivity contribution in [3.63, 3.8) is 0 Å². The molecule has 1 aliphatic rings. The monoisotopic (exact) mass is 234 g/mol. The van der Waals surface area contributed by atoms with Gasteiger partial charge in [0.25, 0.3) is 5.91 Å². The maximum absolute atomic E-state index is 11.7. The van der Waals surface area contributed by atoms with Crippen molar-refractivity contribution in [3.05, 3.63) is 23.8 Å². The van der Waals surface area contributed by atoms with Crippen LogP contribution in [0.4, 0.5) is 5.69 Å². The summed E-state index contributed by atoms with van der Waals surface area (Å²) in [6, 6.07) is 5.73. The molecule has 0 saturated carbocycles. The molecule has 4 nitrogen and oxygen atoms in total. The minimum absolute atomic E-state index is 0.0315. The van der Waals surface area contributed by atoms with Crippen LogP contribution in [0.15, 0.2) is 18.2 Å². The number of likely N-dealkylation sites (tertiary alicyclic amines) is 1. The van der Waals surface area contributed by atoms with Crippen LogP contribution in [0.1, 0.15) is 18.9 Å². The number of aryl methyl sites for hydroxylation is 1. The van der Waals surface area contributed by atoms with E-state index in [0.717, 1.165) is 19.4 Å². The van der Waals surface area contributed by atoms with Crippen molar-refractivity contribution < 1.29 is 9.53 Å². The number of carbonyl (C=O) groups excluding carboxylic acids is 1. The molecule has 2 rings (SSSR count). The van der Waals surface area contributed by atoms with E-state index in [1.165, 1.54) is 5.56 Å². The summed E-state index contributed by atoms with van der Waals surface area (Å²) in [6.07, 6.45) is 1.29. The molecule has 0 spiro atoms. The SMILES string of the molecule is CCc1ccc(OC2CCN(C)C2=O)c(N)c1. The summed E-state index contributed by atoms with van der Waals surface area (Å²) in [7, 11) is 1.79. The van der Waals surface area contributed by atoms with Gasteiger partial charge in [-0.25, -0.2) is 0 Å². The van der Waals surface area contributed by atoms with Crippen LogP contribution in [0, 0.1) is 0 Å². The molecule has 0 aliphatic carbocycles. The molecule has 1 unspecified atom stereocenters. The Morgan fingerprint density at radius 2 is 2.29 bits per heavy atom. The van der Waals surface area contributed by atoms with Gasteiger partial charge in [-0.15, -0.1) is 0 Å². The second-order valence-electron chi connectivity index (χ2n) is 4.38. The van der Waals surface area contributed by atoms with Crippen molar-refractivity contribution in [1.82, 2.24) is 4.90 Å². The Morgan fingerprint density at radius 3 is 2.82 bits per heavy atom. The Labute approximate surface area is 101 Å². The quantitative estimate of drug-likeness (QED) is 0.805.